The Hall–Kier alpha value is -0.560. The third-order valence-electron chi connectivity index (χ3n) is 0.202. The highest BCUT2D eigenvalue weighted by molar-refractivity contribution is 5.70. The van der Waals surface area contributed by atoms with Gasteiger partial charge in [-0.2, -0.15) is 0 Å². The summed E-state index contributed by atoms with van der Waals surface area (Å²) in [7, 11) is -2.45. The van der Waals surface area contributed by atoms with E-state index in [1.165, 1.54) is 5.48 Å². The Morgan fingerprint density at radius 3 is 2.38 bits per heavy atom. The van der Waals surface area contributed by atoms with E-state index in [-0.39, 0.29) is 0 Å². The molecule has 2 amide bonds. The zero-order valence-corrected chi connectivity index (χ0v) is 4.34. The lowest BCUT2D eigenvalue weighted by Crippen LogP contribution is -2.42. The molecular formula is CH3ClN2O4. The second-order valence-electron chi connectivity index (χ2n) is 0.732. The van der Waals surface area contributed by atoms with Gasteiger partial charge >= 0.3 is 16.8 Å². The van der Waals surface area contributed by atoms with Gasteiger partial charge in [0.25, 0.3) is 0 Å². The van der Waals surface area contributed by atoms with Crippen molar-refractivity contribution in [2.45, 2.75) is 0 Å². The van der Waals surface area contributed by atoms with Crippen LogP contribution in [0.2, 0.25) is 0 Å². The van der Waals surface area contributed by atoms with Crippen LogP contribution in [0, 0.1) is 10.8 Å². The summed E-state index contributed by atoms with van der Waals surface area (Å²) in [6.07, 6.45) is 0. The third-order valence-corrected chi connectivity index (χ3v) is 0.405. The summed E-state index contributed by atoms with van der Waals surface area (Å²) in [6.45, 7) is 0. The van der Waals surface area contributed by atoms with Gasteiger partial charge in [-0.15, -0.1) is 5.48 Å². The van der Waals surface area contributed by atoms with E-state index >= 15 is 0 Å². The fourth-order valence-corrected chi connectivity index (χ4v) is 0.209. The third kappa shape index (κ3) is 5.44. The van der Waals surface area contributed by atoms with E-state index in [1.807, 2.05) is 0 Å². The summed E-state index contributed by atoms with van der Waals surface area (Å²) in [5, 5.41) is 0. The molecular weight excluding hydrogens is 139 g/mol. The van der Waals surface area contributed by atoms with Crippen LogP contribution in [-0.2, 0) is 4.39 Å². The van der Waals surface area contributed by atoms with Crippen LogP contribution >= 0.6 is 0 Å². The molecule has 0 unspecified atom stereocenters. The molecule has 8 heavy (non-hydrogen) atoms. The molecule has 48 valence electrons. The normalized spacial score (nSPS) is 9.38. The standard InChI is InChI=1S/CH3ClN2O4/c3-1(5)4-8-2(6)7/h(H3,3,4,5). The zero-order chi connectivity index (χ0) is 6.57. The van der Waals surface area contributed by atoms with Crippen molar-refractivity contribution in [3.05, 3.63) is 0 Å². The van der Waals surface area contributed by atoms with Crippen LogP contribution in [0.25, 0.3) is 0 Å². The predicted molar refractivity (Wildman–Crippen MR) is 13.8 cm³/mol. The SMILES string of the molecule is NC(=O)NO[Cl+2]([O-])[O-]. The maximum atomic E-state index is 9.61. The lowest BCUT2D eigenvalue weighted by molar-refractivity contribution is -1.63. The molecule has 0 atom stereocenters. The molecule has 7 heteroatoms. The molecule has 0 radical (unpaired) electrons. The van der Waals surface area contributed by atoms with Gasteiger partial charge in [-0.25, -0.2) is 4.79 Å². The number of carbonyl (C=O) groups excluding carboxylic acids is 1. The highest BCUT2D eigenvalue weighted by Gasteiger charge is 2.06. The van der Waals surface area contributed by atoms with Gasteiger partial charge in [0.1, 0.15) is 0 Å². The Balaban J connectivity index is 3.05. The Morgan fingerprint density at radius 2 is 2.25 bits per heavy atom. The number of halogens is 1. The minimum absolute atomic E-state index is 1.07. The second kappa shape index (κ2) is 3.44. The van der Waals surface area contributed by atoms with Crippen LogP contribution in [0.1, 0.15) is 0 Å². The summed E-state index contributed by atoms with van der Waals surface area (Å²) in [4.78, 5) is 9.61. The van der Waals surface area contributed by atoms with E-state index in [4.69, 9.17) is 0 Å². The summed E-state index contributed by atoms with van der Waals surface area (Å²) in [6, 6.07) is -1.07. The van der Waals surface area contributed by atoms with E-state index < -0.39 is 16.8 Å². The van der Waals surface area contributed by atoms with Crippen molar-refractivity contribution in [3.63, 3.8) is 0 Å². The second-order valence-corrected chi connectivity index (χ2v) is 1.26. The summed E-state index contributed by atoms with van der Waals surface area (Å²) >= 11 is 0. The van der Waals surface area contributed by atoms with Gasteiger partial charge in [0.15, 0.2) is 4.39 Å². The number of hydrogen-bond donors (Lipinski definition) is 2. The molecule has 0 aromatic rings. The predicted octanol–water partition coefficient (Wildman–Crippen LogP) is -3.33. The number of carbonyl (C=O) groups is 1. The van der Waals surface area contributed by atoms with Gasteiger partial charge in [-0.3, -0.25) is 0 Å². The largest absolute Gasteiger partial charge is 0.350 e. The van der Waals surface area contributed by atoms with Crippen LogP contribution < -0.4 is 20.5 Å². The Morgan fingerprint density at radius 1 is 1.75 bits per heavy atom. The number of amides is 2. The van der Waals surface area contributed by atoms with Crippen molar-refractivity contribution in [1.29, 1.82) is 0 Å². The lowest BCUT2D eigenvalue weighted by Gasteiger charge is -1.90. The Bertz CT molecular complexity index is 84.1. The van der Waals surface area contributed by atoms with E-state index in [1.54, 1.807) is 0 Å². The van der Waals surface area contributed by atoms with Crippen LogP contribution in [0.4, 0.5) is 4.79 Å². The van der Waals surface area contributed by atoms with E-state index in [9.17, 15) is 14.1 Å². The first-order chi connectivity index (χ1) is 3.63. The van der Waals surface area contributed by atoms with Crippen molar-refractivity contribution in [2.24, 2.45) is 5.73 Å². The van der Waals surface area contributed by atoms with Gasteiger partial charge in [-0.05, 0) is 0 Å². The first-order valence-electron chi connectivity index (χ1n) is 1.41. The first kappa shape index (κ1) is 7.44. The number of nitrogens with two attached hydrogens (primary N) is 1. The molecule has 0 rings (SSSR count). The molecule has 0 aromatic heterocycles. The quantitative estimate of drug-likeness (QED) is 0.393. The average Bonchev–Trinajstić information content (AvgIpc) is 1.61. The van der Waals surface area contributed by atoms with Gasteiger partial charge in [0.2, 0.25) is 0 Å². The molecule has 0 bridgehead atoms. The van der Waals surface area contributed by atoms with Gasteiger partial charge < -0.3 is 15.1 Å². The highest BCUT2D eigenvalue weighted by atomic mass is 35.6. The number of nitrogens with one attached hydrogen (secondary N) is 1. The summed E-state index contributed by atoms with van der Waals surface area (Å²) in [5.74, 6) is 0. The molecule has 0 aliphatic rings. The number of rotatable bonds is 2. The Kier molecular flexibility index (Phi) is 3.20. The number of primary amides is 1. The number of hydroxylamine groups is 1. The smallest absolute Gasteiger partial charge is 0.344 e. The summed E-state index contributed by atoms with van der Waals surface area (Å²) in [5.41, 5.74) is 5.74. The van der Waals surface area contributed by atoms with Crippen LogP contribution in [0.15, 0.2) is 0 Å². The molecule has 0 spiro atoms. The topological polar surface area (TPSA) is 110 Å². The molecule has 0 aliphatic carbocycles. The number of hydrogen-bond acceptors (Lipinski definition) is 4. The monoisotopic (exact) mass is 142 g/mol. The van der Waals surface area contributed by atoms with Crippen molar-refractivity contribution >= 4 is 6.03 Å². The molecule has 0 aliphatic heterocycles. The van der Waals surface area contributed by atoms with Crippen molar-refractivity contribution in [1.82, 2.24) is 5.48 Å². The molecule has 3 N–H and O–H groups in total. The van der Waals surface area contributed by atoms with Crippen molar-refractivity contribution < 1.29 is 29.3 Å². The maximum Gasteiger partial charge on any atom is 0.344 e. The number of urea groups is 1. The van der Waals surface area contributed by atoms with E-state index in [2.05, 4.69) is 10.1 Å². The van der Waals surface area contributed by atoms with Gasteiger partial charge in [0.05, 0.1) is 0 Å². The molecule has 0 saturated carbocycles. The highest BCUT2D eigenvalue weighted by Crippen LogP contribution is 1.66. The van der Waals surface area contributed by atoms with Gasteiger partial charge in [0, 0.05) is 0 Å². The molecule has 0 saturated heterocycles. The van der Waals surface area contributed by atoms with E-state index in [0.29, 0.717) is 0 Å². The lowest BCUT2D eigenvalue weighted by atomic mass is 11.2. The van der Waals surface area contributed by atoms with Gasteiger partial charge in [-0.1, -0.05) is 0 Å². The molecule has 0 aromatic carbocycles. The minimum Gasteiger partial charge on any atom is -0.350 e. The maximum absolute atomic E-state index is 9.61. The van der Waals surface area contributed by atoms with E-state index in [0.717, 1.165) is 0 Å². The van der Waals surface area contributed by atoms with Crippen molar-refractivity contribution in [2.75, 3.05) is 0 Å². The van der Waals surface area contributed by atoms with Crippen LogP contribution in [0.5, 0.6) is 0 Å². The fourth-order valence-electron chi connectivity index (χ4n) is 0.0695. The average molecular weight is 142 g/mol. The van der Waals surface area contributed by atoms with Crippen LogP contribution in [0.3, 0.4) is 0 Å². The summed E-state index contributed by atoms with van der Waals surface area (Å²) < 4.78 is 22.2. The fraction of sp³-hybridized carbons (Fsp3) is 0. The first-order valence-corrected chi connectivity index (χ1v) is 2.34. The molecule has 0 heterocycles. The minimum atomic E-state index is -2.45. The van der Waals surface area contributed by atoms with Crippen molar-refractivity contribution in [3.8, 4) is 0 Å². The molecule has 0 fully saturated rings. The molecule has 6 nitrogen and oxygen atoms in total. The van der Waals surface area contributed by atoms with Crippen LogP contribution in [-0.4, -0.2) is 6.03 Å². The Labute approximate surface area is 47.6 Å². The zero-order valence-electron chi connectivity index (χ0n) is 3.59.